The van der Waals surface area contributed by atoms with Gasteiger partial charge in [-0.1, -0.05) is 10.6 Å². The zero-order valence-corrected chi connectivity index (χ0v) is 5.99. The summed E-state index contributed by atoms with van der Waals surface area (Å²) in [4.78, 5) is 0. The lowest BCUT2D eigenvalue weighted by atomic mass is 10.3. The number of hydrogen-bond acceptors (Lipinski definition) is 2. The van der Waals surface area contributed by atoms with E-state index in [0.29, 0.717) is 5.69 Å². The Hall–Kier alpha value is -1.53. The maximum Gasteiger partial charge on any atom is 0.285 e. The Morgan fingerprint density at radius 2 is 2.36 bits per heavy atom. The van der Waals surface area contributed by atoms with Gasteiger partial charge in [0.2, 0.25) is 6.20 Å². The third-order valence-electron chi connectivity index (χ3n) is 1.19. The monoisotopic (exact) mass is 149 g/mol. The van der Waals surface area contributed by atoms with Crippen molar-refractivity contribution in [1.29, 1.82) is 0 Å². The van der Waals surface area contributed by atoms with Crippen LogP contribution in [0.4, 0.5) is 0 Å². The standard InChI is InChI=1S/C8H9N2O/c9-10-6-2-1-4-8(10)5-3-7-11/h1-2,4,6,11H,7,9H2/q+1. The van der Waals surface area contributed by atoms with Crippen LogP contribution >= 0.6 is 0 Å². The average Bonchev–Trinajstić information content (AvgIpc) is 2.03. The Bertz CT molecular complexity index is 298. The number of aliphatic hydroxyl groups is 1. The number of rotatable bonds is 0. The summed E-state index contributed by atoms with van der Waals surface area (Å²) >= 11 is 0. The van der Waals surface area contributed by atoms with Crippen molar-refractivity contribution in [1.82, 2.24) is 0 Å². The molecule has 0 aliphatic rings. The van der Waals surface area contributed by atoms with E-state index in [1.54, 1.807) is 12.3 Å². The van der Waals surface area contributed by atoms with Gasteiger partial charge in [-0.3, -0.25) is 0 Å². The number of pyridine rings is 1. The van der Waals surface area contributed by atoms with Crippen LogP contribution < -0.4 is 10.5 Å². The van der Waals surface area contributed by atoms with Crippen molar-refractivity contribution in [3.63, 3.8) is 0 Å². The molecule has 11 heavy (non-hydrogen) atoms. The van der Waals surface area contributed by atoms with Gasteiger partial charge in [-0.25, -0.2) is 5.84 Å². The third-order valence-corrected chi connectivity index (χ3v) is 1.19. The second-order valence-corrected chi connectivity index (χ2v) is 1.95. The molecule has 3 heteroatoms. The summed E-state index contributed by atoms with van der Waals surface area (Å²) in [5.41, 5.74) is 0.682. The predicted molar refractivity (Wildman–Crippen MR) is 40.8 cm³/mol. The lowest BCUT2D eigenvalue weighted by molar-refractivity contribution is -0.641. The highest BCUT2D eigenvalue weighted by Gasteiger charge is 1.98. The van der Waals surface area contributed by atoms with Crippen LogP contribution in [0.1, 0.15) is 5.69 Å². The van der Waals surface area contributed by atoms with Gasteiger partial charge < -0.3 is 5.11 Å². The van der Waals surface area contributed by atoms with E-state index < -0.39 is 0 Å². The fourth-order valence-electron chi connectivity index (χ4n) is 0.692. The van der Waals surface area contributed by atoms with Crippen molar-refractivity contribution >= 4 is 0 Å². The van der Waals surface area contributed by atoms with Crippen LogP contribution in [-0.2, 0) is 0 Å². The highest BCUT2D eigenvalue weighted by Crippen LogP contribution is 1.84. The van der Waals surface area contributed by atoms with Crippen molar-refractivity contribution in [2.24, 2.45) is 0 Å². The van der Waals surface area contributed by atoms with E-state index in [0.717, 1.165) is 0 Å². The van der Waals surface area contributed by atoms with Crippen LogP contribution in [0, 0.1) is 11.8 Å². The number of nitrogens with zero attached hydrogens (tertiary/aromatic N) is 1. The van der Waals surface area contributed by atoms with Crippen molar-refractivity contribution < 1.29 is 9.78 Å². The van der Waals surface area contributed by atoms with E-state index in [-0.39, 0.29) is 6.61 Å². The molecule has 0 amide bonds. The van der Waals surface area contributed by atoms with Crippen molar-refractivity contribution in [2.75, 3.05) is 12.4 Å². The molecule has 0 unspecified atom stereocenters. The molecular weight excluding hydrogens is 140 g/mol. The van der Waals surface area contributed by atoms with Crippen LogP contribution in [0.15, 0.2) is 24.4 Å². The molecular formula is C8H9N2O+. The van der Waals surface area contributed by atoms with Gasteiger partial charge >= 0.3 is 0 Å². The van der Waals surface area contributed by atoms with Gasteiger partial charge in [0, 0.05) is 18.1 Å². The maximum absolute atomic E-state index is 8.39. The lowest BCUT2D eigenvalue weighted by Crippen LogP contribution is -2.46. The Kier molecular flexibility index (Phi) is 2.47. The van der Waals surface area contributed by atoms with Gasteiger partial charge in [-0.05, 0) is 6.07 Å². The molecule has 0 saturated heterocycles. The summed E-state index contributed by atoms with van der Waals surface area (Å²) in [6, 6.07) is 5.43. The molecule has 0 fully saturated rings. The fraction of sp³-hybridized carbons (Fsp3) is 0.125. The molecule has 0 bridgehead atoms. The van der Waals surface area contributed by atoms with Crippen molar-refractivity contribution in [3.05, 3.63) is 30.1 Å². The first-order valence-electron chi connectivity index (χ1n) is 3.20. The number of nitrogens with two attached hydrogens (primary N) is 1. The summed E-state index contributed by atoms with van der Waals surface area (Å²) in [7, 11) is 0. The van der Waals surface area contributed by atoms with E-state index in [2.05, 4.69) is 11.8 Å². The van der Waals surface area contributed by atoms with E-state index in [9.17, 15) is 0 Å². The molecule has 0 atom stereocenters. The van der Waals surface area contributed by atoms with E-state index in [1.807, 2.05) is 12.1 Å². The SMILES string of the molecule is N[n+]1ccccc1C#CCO. The van der Waals surface area contributed by atoms with Gasteiger partial charge in [0.1, 0.15) is 6.61 Å². The summed E-state index contributed by atoms with van der Waals surface area (Å²) in [5.74, 6) is 10.7. The largest absolute Gasteiger partial charge is 0.384 e. The van der Waals surface area contributed by atoms with Gasteiger partial charge in [0.05, 0.1) is 0 Å². The molecule has 3 N–H and O–H groups in total. The maximum atomic E-state index is 8.39. The fourth-order valence-corrected chi connectivity index (χ4v) is 0.692. The zero-order chi connectivity index (χ0) is 8.10. The van der Waals surface area contributed by atoms with Gasteiger partial charge in [0.25, 0.3) is 5.69 Å². The van der Waals surface area contributed by atoms with Crippen LogP contribution in [0.3, 0.4) is 0 Å². The molecule has 1 rings (SSSR count). The Balaban J connectivity index is 2.95. The molecule has 56 valence electrons. The van der Waals surface area contributed by atoms with Crippen LogP contribution in [0.2, 0.25) is 0 Å². The third kappa shape index (κ3) is 1.95. The normalized spacial score (nSPS) is 8.45. The molecule has 0 saturated carbocycles. The smallest absolute Gasteiger partial charge is 0.285 e. The average molecular weight is 149 g/mol. The number of hydrogen-bond donors (Lipinski definition) is 2. The highest BCUT2D eigenvalue weighted by molar-refractivity contribution is 5.22. The molecule has 0 spiro atoms. The van der Waals surface area contributed by atoms with Crippen LogP contribution in [-0.4, -0.2) is 11.7 Å². The van der Waals surface area contributed by atoms with Crippen molar-refractivity contribution in [2.45, 2.75) is 0 Å². The molecule has 3 nitrogen and oxygen atoms in total. The van der Waals surface area contributed by atoms with E-state index in [1.165, 1.54) is 4.68 Å². The molecule has 0 radical (unpaired) electrons. The minimum absolute atomic E-state index is 0.144. The number of aromatic nitrogens is 1. The summed E-state index contributed by atoms with van der Waals surface area (Å²) in [6.07, 6.45) is 1.70. The van der Waals surface area contributed by atoms with E-state index in [4.69, 9.17) is 10.9 Å². The second kappa shape index (κ2) is 3.59. The van der Waals surface area contributed by atoms with Gasteiger partial charge in [-0.2, -0.15) is 0 Å². The van der Waals surface area contributed by atoms with Crippen LogP contribution in [0.5, 0.6) is 0 Å². The lowest BCUT2D eigenvalue weighted by Gasteiger charge is -1.86. The first-order chi connectivity index (χ1) is 5.34. The molecule has 1 aromatic heterocycles. The van der Waals surface area contributed by atoms with E-state index >= 15 is 0 Å². The summed E-state index contributed by atoms with van der Waals surface area (Å²) in [5, 5.41) is 8.39. The molecule has 0 aromatic carbocycles. The van der Waals surface area contributed by atoms with Gasteiger partial charge in [0.15, 0.2) is 0 Å². The minimum atomic E-state index is -0.144. The Morgan fingerprint density at radius 1 is 1.55 bits per heavy atom. The first kappa shape index (κ1) is 7.58. The highest BCUT2D eigenvalue weighted by atomic mass is 16.2. The first-order valence-corrected chi connectivity index (χ1v) is 3.20. The molecule has 1 heterocycles. The summed E-state index contributed by atoms with van der Waals surface area (Å²) in [6.45, 7) is -0.144. The summed E-state index contributed by atoms with van der Waals surface area (Å²) < 4.78 is 1.41. The quantitative estimate of drug-likeness (QED) is 0.283. The zero-order valence-electron chi connectivity index (χ0n) is 5.99. The number of nitrogen functional groups attached to an aromatic ring is 1. The second-order valence-electron chi connectivity index (χ2n) is 1.95. The number of aliphatic hydroxyl groups excluding tert-OH is 1. The van der Waals surface area contributed by atoms with Crippen molar-refractivity contribution in [3.8, 4) is 11.8 Å². The molecule has 1 aromatic rings. The molecule has 0 aliphatic heterocycles. The van der Waals surface area contributed by atoms with Gasteiger partial charge in [-0.15, -0.1) is 0 Å². The Morgan fingerprint density at radius 3 is 3.00 bits per heavy atom. The topological polar surface area (TPSA) is 50.1 Å². The molecule has 0 aliphatic carbocycles. The Labute approximate surface area is 65.1 Å². The van der Waals surface area contributed by atoms with Crippen LogP contribution in [0.25, 0.3) is 0 Å². The minimum Gasteiger partial charge on any atom is -0.384 e. The predicted octanol–water partition coefficient (Wildman–Crippen LogP) is -0.968.